The van der Waals surface area contributed by atoms with Gasteiger partial charge in [0.2, 0.25) is 11.8 Å². The fourth-order valence-electron chi connectivity index (χ4n) is 9.68. The molecule has 1 unspecified atom stereocenters. The second kappa shape index (κ2) is 16.9. The molecule has 4 fully saturated rings. The molecule has 10 rings (SSSR count). The van der Waals surface area contributed by atoms with Crippen molar-refractivity contribution >= 4 is 57.8 Å². The molecule has 0 spiro atoms. The number of anilines is 4. The van der Waals surface area contributed by atoms with Crippen LogP contribution in [0.3, 0.4) is 0 Å². The first-order valence-electron chi connectivity index (χ1n) is 21.9. The molecule has 1 aliphatic carbocycles. The van der Waals surface area contributed by atoms with Gasteiger partial charge in [0.25, 0.3) is 5.91 Å². The van der Waals surface area contributed by atoms with E-state index < -0.39 is 12.2 Å². The fourth-order valence-corrected chi connectivity index (χ4v) is 9.99. The van der Waals surface area contributed by atoms with Crippen LogP contribution in [0.15, 0.2) is 67.0 Å². The van der Waals surface area contributed by atoms with Gasteiger partial charge in [0.1, 0.15) is 6.17 Å². The lowest BCUT2D eigenvalue weighted by molar-refractivity contribution is -0.134. The molecular weight excluding hydrogens is 809 g/mol. The van der Waals surface area contributed by atoms with E-state index in [2.05, 4.69) is 76.9 Å². The van der Waals surface area contributed by atoms with Crippen LogP contribution in [-0.4, -0.2) is 119 Å². The Balaban J connectivity index is 0.721. The van der Waals surface area contributed by atoms with Crippen LogP contribution in [0.2, 0.25) is 5.02 Å². The van der Waals surface area contributed by atoms with Gasteiger partial charge in [-0.15, -0.1) is 5.10 Å². The van der Waals surface area contributed by atoms with Crippen LogP contribution in [-0.2, 0) is 22.6 Å². The monoisotopic (exact) mass is 859 g/mol. The first-order chi connectivity index (χ1) is 30.2. The van der Waals surface area contributed by atoms with Crippen molar-refractivity contribution in [3.05, 3.63) is 94.4 Å². The molecule has 3 N–H and O–H groups in total. The summed E-state index contributed by atoms with van der Waals surface area (Å²) in [5, 5.41) is 13.8. The number of nitrogens with zero attached hydrogens (tertiary/aromatic N) is 8. The highest BCUT2D eigenvalue weighted by atomic mass is 35.5. The third kappa shape index (κ3) is 8.09. The summed E-state index contributed by atoms with van der Waals surface area (Å²) in [6.07, 6.45) is 6.76. The molecule has 2 aromatic carbocycles. The van der Waals surface area contributed by atoms with Crippen molar-refractivity contribution in [2.45, 2.75) is 63.2 Å². The minimum Gasteiger partial charge on any atom is -0.385 e. The number of pyridine rings is 1. The van der Waals surface area contributed by atoms with E-state index in [1.54, 1.807) is 4.52 Å². The van der Waals surface area contributed by atoms with Crippen LogP contribution in [0.1, 0.15) is 65.2 Å². The Labute approximate surface area is 364 Å². The van der Waals surface area contributed by atoms with Crippen molar-refractivity contribution in [3.8, 4) is 11.3 Å². The second-order valence-corrected chi connectivity index (χ2v) is 17.8. The molecule has 16 heteroatoms. The lowest BCUT2D eigenvalue weighted by atomic mass is 9.90. The molecule has 4 aliphatic heterocycles. The molecule has 3 amide bonds. The highest BCUT2D eigenvalue weighted by Crippen LogP contribution is 2.40. The number of aromatic nitrogens is 4. The Hall–Kier alpha value is -5.64. The van der Waals surface area contributed by atoms with Crippen molar-refractivity contribution in [2.75, 3.05) is 74.5 Å². The summed E-state index contributed by atoms with van der Waals surface area (Å²) in [4.78, 5) is 56.2. The molecule has 0 radical (unpaired) electrons. The maximum Gasteiger partial charge on any atom is 0.271 e. The van der Waals surface area contributed by atoms with E-state index in [4.69, 9.17) is 21.7 Å². The zero-order valence-electron chi connectivity index (χ0n) is 34.8. The first kappa shape index (κ1) is 40.4. The van der Waals surface area contributed by atoms with Crippen LogP contribution in [0.25, 0.3) is 16.9 Å². The maximum atomic E-state index is 13.6. The van der Waals surface area contributed by atoms with E-state index in [9.17, 15) is 18.8 Å². The zero-order valence-corrected chi connectivity index (χ0v) is 35.6. The molecule has 322 valence electrons. The lowest BCUT2D eigenvalue weighted by Crippen LogP contribution is -2.48. The fraction of sp³-hybridized carbons (Fsp3) is 0.435. The van der Waals surface area contributed by atoms with E-state index in [1.165, 1.54) is 17.3 Å². The number of nitrogens with one attached hydrogen (secondary N) is 3. The van der Waals surface area contributed by atoms with E-state index in [0.29, 0.717) is 41.7 Å². The number of carbonyl (C=O) groups is 3. The number of piperidine rings is 2. The predicted molar refractivity (Wildman–Crippen MR) is 237 cm³/mol. The summed E-state index contributed by atoms with van der Waals surface area (Å²) in [5.41, 5.74) is 8.93. The van der Waals surface area contributed by atoms with Crippen molar-refractivity contribution in [2.24, 2.45) is 5.92 Å². The van der Waals surface area contributed by atoms with Gasteiger partial charge in [-0.05, 0) is 72.6 Å². The van der Waals surface area contributed by atoms with Crippen molar-refractivity contribution in [1.29, 1.82) is 0 Å². The number of hydrogen-bond acceptors (Lipinski definition) is 11. The number of imide groups is 1. The molecule has 0 bridgehead atoms. The van der Waals surface area contributed by atoms with Crippen LogP contribution in [0.4, 0.5) is 27.3 Å². The number of carbonyl (C=O) groups excluding carboxylic acids is 3. The topological polar surface area (TPSA) is 143 Å². The smallest absolute Gasteiger partial charge is 0.271 e. The van der Waals surface area contributed by atoms with Gasteiger partial charge in [0.15, 0.2) is 17.2 Å². The van der Waals surface area contributed by atoms with Crippen LogP contribution < -0.4 is 25.8 Å². The van der Waals surface area contributed by atoms with Crippen LogP contribution in [0, 0.1) is 5.92 Å². The summed E-state index contributed by atoms with van der Waals surface area (Å²) in [5.74, 6) is 0.104. The summed E-state index contributed by atoms with van der Waals surface area (Å²) >= 11 is 6.69. The number of hydrogen-bond donors (Lipinski definition) is 3. The molecular formula is C46H51ClFN11O3. The summed E-state index contributed by atoms with van der Waals surface area (Å²) in [6.45, 7) is 8.85. The minimum atomic E-state index is -0.999. The van der Waals surface area contributed by atoms with Gasteiger partial charge in [0.05, 0.1) is 29.5 Å². The number of amides is 3. The van der Waals surface area contributed by atoms with Crippen molar-refractivity contribution < 1.29 is 18.8 Å². The zero-order chi connectivity index (χ0) is 42.5. The van der Waals surface area contributed by atoms with E-state index in [1.807, 2.05) is 31.4 Å². The third-order valence-electron chi connectivity index (χ3n) is 13.4. The number of piperazine rings is 1. The Kier molecular flexibility index (Phi) is 11.0. The Morgan fingerprint density at radius 3 is 2.45 bits per heavy atom. The normalized spacial score (nSPS) is 22.2. The Bertz CT molecular complexity index is 2520. The summed E-state index contributed by atoms with van der Waals surface area (Å²) in [7, 11) is 1.82. The molecule has 1 saturated carbocycles. The average Bonchev–Trinajstić information content (AvgIpc) is 3.59. The predicted octanol–water partition coefficient (Wildman–Crippen LogP) is 5.58. The van der Waals surface area contributed by atoms with Crippen LogP contribution in [0.5, 0.6) is 0 Å². The standard InChI is InChI=1S/C46H51ClFN11O3/c1-49-39-23-42(54-59-41(25-51-44(39)59)46(62)52-38-22-36(38)48)58-16-13-33-32(3-2-4-40(33)58)37-9-5-29(24-50-37)27-56-19-17-55(18-20-56)26-28-11-14-57(15-12-28)30-6-7-31(35(47)21-30)34-8-10-43(60)53-45(34)61/h2-7,9,21,23-25,28,34,36,38,49H,8,10-20,22,26-27H2,1H3,(H,52,62)(H,53,60,61)/t34?,36-,38+/m0/s1. The van der Waals surface area contributed by atoms with Crippen molar-refractivity contribution in [3.63, 3.8) is 0 Å². The Morgan fingerprint density at radius 2 is 1.73 bits per heavy atom. The third-order valence-corrected chi connectivity index (χ3v) is 13.7. The largest absolute Gasteiger partial charge is 0.385 e. The number of benzene rings is 2. The van der Waals surface area contributed by atoms with Gasteiger partial charge < -0.3 is 25.3 Å². The number of rotatable bonds is 11. The molecule has 5 aromatic rings. The second-order valence-electron chi connectivity index (χ2n) is 17.3. The summed E-state index contributed by atoms with van der Waals surface area (Å²) in [6, 6.07) is 18.2. The van der Waals surface area contributed by atoms with Crippen LogP contribution >= 0.6 is 11.6 Å². The average molecular weight is 860 g/mol. The molecule has 7 heterocycles. The quantitative estimate of drug-likeness (QED) is 0.144. The molecule has 62 heavy (non-hydrogen) atoms. The Morgan fingerprint density at radius 1 is 0.919 bits per heavy atom. The number of alkyl halides is 1. The highest BCUT2D eigenvalue weighted by molar-refractivity contribution is 6.32. The van der Waals surface area contributed by atoms with E-state index in [-0.39, 0.29) is 29.3 Å². The van der Waals surface area contributed by atoms with E-state index >= 15 is 0 Å². The van der Waals surface area contributed by atoms with Crippen molar-refractivity contribution in [1.82, 2.24) is 40.0 Å². The first-order valence-corrected chi connectivity index (χ1v) is 22.3. The van der Waals surface area contributed by atoms with Gasteiger partial charge >= 0.3 is 0 Å². The summed E-state index contributed by atoms with van der Waals surface area (Å²) < 4.78 is 15.1. The van der Waals surface area contributed by atoms with E-state index in [0.717, 1.165) is 112 Å². The van der Waals surface area contributed by atoms with Gasteiger partial charge in [-0.2, -0.15) is 0 Å². The van der Waals surface area contributed by atoms with Gasteiger partial charge in [0, 0.05) is 113 Å². The molecule has 5 aliphatic rings. The SMILES string of the molecule is CNc1cc(N2CCc3c(-c4ccc(CN5CCN(CC6CCN(c7ccc(C8CCC(=O)NC8=O)c(Cl)c7)CC6)CC5)cn4)cccc32)nn2c(C(=O)N[C@@H]3C[C@@H]3F)cnc12. The minimum absolute atomic E-state index is 0.217. The highest BCUT2D eigenvalue weighted by Gasteiger charge is 2.39. The molecule has 3 saturated heterocycles. The number of fused-ring (bicyclic) bond motifs is 2. The molecule has 3 atom stereocenters. The number of imidazole rings is 1. The molecule has 3 aromatic heterocycles. The van der Waals surface area contributed by atoms with Gasteiger partial charge in [-0.25, -0.2) is 13.9 Å². The number of halogens is 2. The molecule has 14 nitrogen and oxygen atoms in total. The van der Waals surface area contributed by atoms with Gasteiger partial charge in [-0.3, -0.25) is 29.6 Å². The lowest BCUT2D eigenvalue weighted by Gasteiger charge is -2.39. The van der Waals surface area contributed by atoms with Gasteiger partial charge in [-0.1, -0.05) is 35.9 Å². The maximum absolute atomic E-state index is 13.6.